The van der Waals surface area contributed by atoms with Gasteiger partial charge in [-0.25, -0.2) is 14.2 Å². The molecule has 0 aliphatic rings. The number of imidazole rings is 1. The van der Waals surface area contributed by atoms with Crippen LogP contribution in [-0.4, -0.2) is 23.0 Å². The van der Waals surface area contributed by atoms with Gasteiger partial charge in [0.2, 0.25) is 0 Å². The van der Waals surface area contributed by atoms with E-state index in [2.05, 4.69) is 14.7 Å². The number of carbonyl (C=O) groups is 1. The number of esters is 1. The highest BCUT2D eigenvalue weighted by molar-refractivity contribution is 5.87. The maximum atomic E-state index is 13.2. The third-order valence-corrected chi connectivity index (χ3v) is 2.52. The van der Waals surface area contributed by atoms with Crippen LogP contribution in [0, 0.1) is 5.82 Å². The number of hydrogen-bond donors (Lipinski definition) is 1. The second-order valence-corrected chi connectivity index (χ2v) is 3.82. The van der Waals surface area contributed by atoms with E-state index in [9.17, 15) is 22.4 Å². The number of H-pyrrole nitrogens is 1. The first-order valence-corrected chi connectivity index (χ1v) is 5.33. The van der Waals surface area contributed by atoms with Gasteiger partial charge in [-0.15, -0.1) is 0 Å². The first-order valence-electron chi connectivity index (χ1n) is 5.33. The average molecular weight is 288 g/mol. The second-order valence-electron chi connectivity index (χ2n) is 3.82. The number of halogens is 4. The molecular weight excluding hydrogens is 280 g/mol. The molecule has 0 amide bonds. The molecule has 0 unspecified atom stereocenters. The van der Waals surface area contributed by atoms with Crippen molar-refractivity contribution in [3.05, 3.63) is 41.5 Å². The Hall–Kier alpha value is -2.38. The maximum Gasteiger partial charge on any atom is 0.417 e. The quantitative estimate of drug-likeness (QED) is 0.682. The van der Waals surface area contributed by atoms with Crippen molar-refractivity contribution in [2.45, 2.75) is 6.18 Å². The van der Waals surface area contributed by atoms with Gasteiger partial charge in [0.25, 0.3) is 0 Å². The summed E-state index contributed by atoms with van der Waals surface area (Å²) in [6.45, 7) is 0. The van der Waals surface area contributed by atoms with Crippen LogP contribution < -0.4 is 0 Å². The molecule has 0 spiro atoms. The third kappa shape index (κ3) is 2.63. The van der Waals surface area contributed by atoms with Crippen molar-refractivity contribution < 1.29 is 27.1 Å². The lowest BCUT2D eigenvalue weighted by Crippen LogP contribution is -2.08. The zero-order chi connectivity index (χ0) is 14.9. The molecule has 2 rings (SSSR count). The molecule has 8 heteroatoms. The van der Waals surface area contributed by atoms with E-state index in [1.54, 1.807) is 0 Å². The summed E-state index contributed by atoms with van der Waals surface area (Å²) < 4.78 is 56.1. The van der Waals surface area contributed by atoms with Gasteiger partial charge in [-0.2, -0.15) is 13.2 Å². The van der Waals surface area contributed by atoms with E-state index < -0.39 is 29.1 Å². The van der Waals surface area contributed by atoms with Crippen LogP contribution in [0.3, 0.4) is 0 Å². The highest BCUT2D eigenvalue weighted by atomic mass is 19.4. The Bertz CT molecular complexity index is 649. The summed E-state index contributed by atoms with van der Waals surface area (Å²) in [6.07, 6.45) is -3.65. The van der Waals surface area contributed by atoms with Crippen LogP contribution in [0.1, 0.15) is 16.1 Å². The van der Waals surface area contributed by atoms with Crippen LogP contribution in [0.2, 0.25) is 0 Å². The minimum atomic E-state index is -4.67. The number of carbonyl (C=O) groups excluding carboxylic acids is 1. The number of methoxy groups -OCH3 is 1. The molecule has 0 aliphatic heterocycles. The highest BCUT2D eigenvalue weighted by Crippen LogP contribution is 2.36. The smallest absolute Gasteiger partial charge is 0.417 e. The number of aromatic nitrogens is 2. The average Bonchev–Trinajstić information content (AvgIpc) is 2.85. The molecule has 0 radical (unpaired) electrons. The Balaban J connectivity index is 2.54. The van der Waals surface area contributed by atoms with Crippen molar-refractivity contribution in [2.75, 3.05) is 7.11 Å². The second kappa shape index (κ2) is 4.95. The van der Waals surface area contributed by atoms with Crippen LogP contribution in [0.25, 0.3) is 11.4 Å². The van der Waals surface area contributed by atoms with Gasteiger partial charge < -0.3 is 9.72 Å². The number of rotatable bonds is 2. The normalized spacial score (nSPS) is 11.4. The number of nitrogens with one attached hydrogen (secondary N) is 1. The van der Waals surface area contributed by atoms with E-state index in [4.69, 9.17) is 0 Å². The molecule has 0 saturated carbocycles. The predicted octanol–water partition coefficient (Wildman–Crippen LogP) is 3.02. The van der Waals surface area contributed by atoms with Crippen molar-refractivity contribution in [1.29, 1.82) is 0 Å². The number of benzene rings is 1. The van der Waals surface area contributed by atoms with E-state index in [1.807, 2.05) is 0 Å². The fourth-order valence-corrected chi connectivity index (χ4v) is 1.63. The van der Waals surface area contributed by atoms with Crippen molar-refractivity contribution in [3.8, 4) is 11.4 Å². The van der Waals surface area contributed by atoms with Crippen molar-refractivity contribution in [3.63, 3.8) is 0 Å². The first kappa shape index (κ1) is 14.0. The molecule has 1 N–H and O–H groups in total. The van der Waals surface area contributed by atoms with Crippen molar-refractivity contribution in [2.24, 2.45) is 0 Å². The summed E-state index contributed by atoms with van der Waals surface area (Å²) in [4.78, 5) is 17.2. The van der Waals surface area contributed by atoms with E-state index in [1.165, 1.54) is 0 Å². The van der Waals surface area contributed by atoms with E-state index in [0.29, 0.717) is 18.2 Å². The van der Waals surface area contributed by atoms with Gasteiger partial charge in [0.1, 0.15) is 17.3 Å². The summed E-state index contributed by atoms with van der Waals surface area (Å²) >= 11 is 0. The van der Waals surface area contributed by atoms with Crippen molar-refractivity contribution >= 4 is 5.97 Å². The molecule has 0 bridgehead atoms. The van der Waals surface area contributed by atoms with Crippen LogP contribution in [-0.2, 0) is 10.9 Å². The Labute approximate surface area is 110 Å². The SMILES string of the molecule is COC(=O)c1cnc(-c2cc(F)ccc2C(F)(F)F)[nH]1. The molecule has 0 saturated heterocycles. The van der Waals surface area contributed by atoms with E-state index in [0.717, 1.165) is 13.3 Å². The number of nitrogens with zero attached hydrogens (tertiary/aromatic N) is 1. The van der Waals surface area contributed by atoms with Crippen LogP contribution in [0.15, 0.2) is 24.4 Å². The fourth-order valence-electron chi connectivity index (χ4n) is 1.63. The van der Waals surface area contributed by atoms with Gasteiger partial charge in [-0.3, -0.25) is 0 Å². The highest BCUT2D eigenvalue weighted by Gasteiger charge is 2.34. The molecule has 106 valence electrons. The molecule has 4 nitrogen and oxygen atoms in total. The zero-order valence-corrected chi connectivity index (χ0v) is 10.1. The minimum absolute atomic E-state index is 0.125. The number of ether oxygens (including phenoxy) is 1. The van der Waals surface area contributed by atoms with E-state index >= 15 is 0 Å². The fraction of sp³-hybridized carbons (Fsp3) is 0.167. The Kier molecular flexibility index (Phi) is 3.47. The van der Waals surface area contributed by atoms with Gasteiger partial charge >= 0.3 is 12.1 Å². The number of aromatic amines is 1. The Morgan fingerprint density at radius 1 is 1.35 bits per heavy atom. The standard InChI is InChI=1S/C12H8F4N2O2/c1-20-11(19)9-5-17-10(18-9)7-4-6(13)2-3-8(7)12(14,15)16/h2-5H,1H3,(H,17,18). The summed E-state index contributed by atoms with van der Waals surface area (Å²) in [7, 11) is 1.12. The number of hydrogen-bond acceptors (Lipinski definition) is 3. The lowest BCUT2D eigenvalue weighted by atomic mass is 10.1. The summed E-state index contributed by atoms with van der Waals surface area (Å²) in [5.74, 6) is -1.89. The largest absolute Gasteiger partial charge is 0.464 e. The number of alkyl halides is 3. The Morgan fingerprint density at radius 3 is 2.65 bits per heavy atom. The topological polar surface area (TPSA) is 55.0 Å². The lowest BCUT2D eigenvalue weighted by molar-refractivity contribution is -0.137. The van der Waals surface area contributed by atoms with Gasteiger partial charge in [0.05, 0.1) is 18.9 Å². The molecule has 20 heavy (non-hydrogen) atoms. The maximum absolute atomic E-state index is 13.2. The zero-order valence-electron chi connectivity index (χ0n) is 10.1. The minimum Gasteiger partial charge on any atom is -0.464 e. The summed E-state index contributed by atoms with van der Waals surface area (Å²) in [5, 5.41) is 0. The van der Waals surface area contributed by atoms with Crippen molar-refractivity contribution in [1.82, 2.24) is 9.97 Å². The summed E-state index contributed by atoms with van der Waals surface area (Å²) in [5.41, 5.74) is -1.66. The monoisotopic (exact) mass is 288 g/mol. The van der Waals surface area contributed by atoms with Gasteiger partial charge in [0.15, 0.2) is 0 Å². The predicted molar refractivity (Wildman–Crippen MR) is 60.3 cm³/mol. The molecular formula is C12H8F4N2O2. The molecule has 1 aromatic heterocycles. The lowest BCUT2D eigenvalue weighted by Gasteiger charge is -2.11. The van der Waals surface area contributed by atoms with Crippen LogP contribution in [0.5, 0.6) is 0 Å². The van der Waals surface area contributed by atoms with Gasteiger partial charge in [-0.05, 0) is 18.2 Å². The molecule has 1 heterocycles. The molecule has 1 aromatic carbocycles. The Morgan fingerprint density at radius 2 is 2.05 bits per heavy atom. The molecule has 0 aliphatic carbocycles. The van der Waals surface area contributed by atoms with Gasteiger partial charge in [-0.1, -0.05) is 0 Å². The van der Waals surface area contributed by atoms with Crippen LogP contribution >= 0.6 is 0 Å². The molecule has 0 fully saturated rings. The molecule has 2 aromatic rings. The third-order valence-electron chi connectivity index (χ3n) is 2.52. The summed E-state index contributed by atoms with van der Waals surface area (Å²) in [6, 6.07) is 2.02. The van der Waals surface area contributed by atoms with Gasteiger partial charge in [0, 0.05) is 5.56 Å². The molecule has 0 atom stereocenters. The first-order chi connectivity index (χ1) is 9.32. The van der Waals surface area contributed by atoms with E-state index in [-0.39, 0.29) is 11.5 Å². The van der Waals surface area contributed by atoms with Crippen LogP contribution in [0.4, 0.5) is 17.6 Å².